The van der Waals surface area contributed by atoms with E-state index >= 15 is 0 Å². The molecule has 1 aromatic heterocycles. The van der Waals surface area contributed by atoms with Crippen LogP contribution in [0.2, 0.25) is 0 Å². The fraction of sp³-hybridized carbons (Fsp3) is 0.429. The first-order valence-electron chi connectivity index (χ1n) is 9.41. The van der Waals surface area contributed by atoms with Crippen molar-refractivity contribution in [3.05, 3.63) is 53.3 Å². The Morgan fingerprint density at radius 2 is 1.78 bits per heavy atom. The minimum Gasteiger partial charge on any atom is -0.354 e. The topological polar surface area (TPSA) is 63.7 Å². The van der Waals surface area contributed by atoms with Crippen LogP contribution in [-0.2, 0) is 9.47 Å². The molecule has 2 aromatic rings. The normalized spacial score (nSPS) is 18.7. The van der Waals surface area contributed by atoms with Crippen molar-refractivity contribution in [2.45, 2.75) is 32.5 Å². The molecule has 1 aromatic carbocycles. The van der Waals surface area contributed by atoms with E-state index in [1.807, 2.05) is 17.0 Å². The zero-order valence-corrected chi connectivity index (χ0v) is 15.8. The number of nitrogens with one attached hydrogen (secondary N) is 1. The Kier molecular flexibility index (Phi) is 4.85. The molecule has 2 fully saturated rings. The van der Waals surface area contributed by atoms with Gasteiger partial charge in [-0.2, -0.15) is 0 Å². The first-order valence-corrected chi connectivity index (χ1v) is 9.41. The number of ether oxygens (including phenoxy) is 2. The number of amides is 1. The maximum Gasteiger partial charge on any atom is 0.255 e. The van der Waals surface area contributed by atoms with Gasteiger partial charge in [0, 0.05) is 37.8 Å². The minimum atomic E-state index is -0.471. The van der Waals surface area contributed by atoms with Crippen molar-refractivity contribution in [2.24, 2.45) is 0 Å². The highest BCUT2D eigenvalue weighted by molar-refractivity contribution is 5.95. The summed E-state index contributed by atoms with van der Waals surface area (Å²) in [6.07, 6.45) is 4.79. The third-order valence-electron chi connectivity index (χ3n) is 5.41. The molecule has 0 atom stereocenters. The molecule has 0 bridgehead atoms. The van der Waals surface area contributed by atoms with Gasteiger partial charge in [-0.1, -0.05) is 6.07 Å². The minimum absolute atomic E-state index is 0.000849. The van der Waals surface area contributed by atoms with Crippen LogP contribution >= 0.6 is 0 Å². The highest BCUT2D eigenvalue weighted by Gasteiger charge is 2.40. The van der Waals surface area contributed by atoms with Crippen molar-refractivity contribution in [1.29, 1.82) is 0 Å². The first-order chi connectivity index (χ1) is 13.0. The fourth-order valence-corrected chi connectivity index (χ4v) is 3.63. The molecule has 1 spiro atoms. The second-order valence-corrected chi connectivity index (χ2v) is 7.29. The summed E-state index contributed by atoms with van der Waals surface area (Å²) in [5, 5.41) is 3.34. The van der Waals surface area contributed by atoms with Gasteiger partial charge in [0.1, 0.15) is 0 Å². The molecular formula is C21H25N3O3. The molecule has 4 rings (SSSR count). The van der Waals surface area contributed by atoms with Crippen molar-refractivity contribution in [3.8, 4) is 0 Å². The van der Waals surface area contributed by atoms with Gasteiger partial charge >= 0.3 is 0 Å². The molecule has 6 heteroatoms. The molecule has 0 aliphatic carbocycles. The summed E-state index contributed by atoms with van der Waals surface area (Å²) in [6, 6.07) is 8.06. The largest absolute Gasteiger partial charge is 0.354 e. The number of aryl methyl sites for hydroxylation is 2. The van der Waals surface area contributed by atoms with Gasteiger partial charge in [0.2, 0.25) is 0 Å². The van der Waals surface area contributed by atoms with Gasteiger partial charge in [-0.05, 0) is 43.2 Å². The highest BCUT2D eigenvalue weighted by Crippen LogP contribution is 2.32. The van der Waals surface area contributed by atoms with Gasteiger partial charge in [-0.3, -0.25) is 9.78 Å². The van der Waals surface area contributed by atoms with Gasteiger partial charge in [0.05, 0.1) is 30.7 Å². The summed E-state index contributed by atoms with van der Waals surface area (Å²) in [4.78, 5) is 19.0. The molecule has 0 unspecified atom stereocenters. The van der Waals surface area contributed by atoms with E-state index in [4.69, 9.17) is 9.47 Å². The molecule has 2 aliphatic rings. The zero-order valence-electron chi connectivity index (χ0n) is 15.8. The van der Waals surface area contributed by atoms with Crippen LogP contribution in [0, 0.1) is 13.8 Å². The van der Waals surface area contributed by atoms with Gasteiger partial charge in [0.25, 0.3) is 5.91 Å². The second kappa shape index (κ2) is 7.29. The number of carbonyl (C=O) groups excluding carboxylic acids is 1. The van der Waals surface area contributed by atoms with Gasteiger partial charge in [-0.25, -0.2) is 0 Å². The Morgan fingerprint density at radius 3 is 2.48 bits per heavy atom. The smallest absolute Gasteiger partial charge is 0.255 e. The van der Waals surface area contributed by atoms with E-state index in [-0.39, 0.29) is 5.91 Å². The van der Waals surface area contributed by atoms with Crippen LogP contribution < -0.4 is 5.32 Å². The highest BCUT2D eigenvalue weighted by atomic mass is 16.7. The average Bonchev–Trinajstić information content (AvgIpc) is 3.13. The number of aromatic nitrogens is 1. The molecule has 27 heavy (non-hydrogen) atoms. The Morgan fingerprint density at radius 1 is 1.04 bits per heavy atom. The Balaban J connectivity index is 1.44. The molecule has 0 saturated carbocycles. The number of pyridine rings is 1. The molecule has 2 aliphatic heterocycles. The monoisotopic (exact) mass is 367 g/mol. The van der Waals surface area contributed by atoms with Crippen LogP contribution in [0.1, 0.15) is 34.3 Å². The van der Waals surface area contributed by atoms with Gasteiger partial charge < -0.3 is 19.7 Å². The zero-order chi connectivity index (χ0) is 18.9. The summed E-state index contributed by atoms with van der Waals surface area (Å²) in [7, 11) is 0. The molecular weight excluding hydrogens is 342 g/mol. The lowest BCUT2D eigenvalue weighted by atomic mass is 10.0. The van der Waals surface area contributed by atoms with Crippen LogP contribution in [-0.4, -0.2) is 47.9 Å². The van der Waals surface area contributed by atoms with Crippen LogP contribution in [0.5, 0.6) is 0 Å². The summed E-state index contributed by atoms with van der Waals surface area (Å²) >= 11 is 0. The van der Waals surface area contributed by atoms with Crippen molar-refractivity contribution in [1.82, 2.24) is 9.88 Å². The molecule has 1 amide bonds. The average molecular weight is 367 g/mol. The van der Waals surface area contributed by atoms with Crippen molar-refractivity contribution < 1.29 is 14.3 Å². The molecule has 3 heterocycles. The molecule has 142 valence electrons. The summed E-state index contributed by atoms with van der Waals surface area (Å²) in [5.74, 6) is -0.471. The van der Waals surface area contributed by atoms with E-state index in [2.05, 4.69) is 36.3 Å². The fourth-order valence-electron chi connectivity index (χ4n) is 3.63. The molecule has 2 saturated heterocycles. The number of benzene rings is 1. The van der Waals surface area contributed by atoms with Crippen LogP contribution in [0.3, 0.4) is 0 Å². The summed E-state index contributed by atoms with van der Waals surface area (Å²) in [5.41, 5.74) is 4.85. The Bertz CT molecular complexity index is 836. The third-order valence-corrected chi connectivity index (χ3v) is 5.41. The van der Waals surface area contributed by atoms with Gasteiger partial charge in [0.15, 0.2) is 5.79 Å². The number of hydrogen-bond acceptors (Lipinski definition) is 5. The van der Waals surface area contributed by atoms with Crippen LogP contribution in [0.15, 0.2) is 36.7 Å². The number of piperidine rings is 1. The molecule has 6 nitrogen and oxygen atoms in total. The van der Waals surface area contributed by atoms with E-state index < -0.39 is 5.79 Å². The lowest BCUT2D eigenvalue weighted by molar-refractivity contribution is -0.181. The van der Waals surface area contributed by atoms with E-state index in [0.717, 1.165) is 11.4 Å². The first kappa shape index (κ1) is 17.9. The van der Waals surface area contributed by atoms with Crippen LogP contribution in [0.25, 0.3) is 0 Å². The van der Waals surface area contributed by atoms with E-state index in [9.17, 15) is 4.79 Å². The second-order valence-electron chi connectivity index (χ2n) is 7.29. The maximum absolute atomic E-state index is 12.9. The number of rotatable bonds is 3. The predicted octanol–water partition coefficient (Wildman–Crippen LogP) is 3.42. The Labute approximate surface area is 159 Å². The number of anilines is 2. The van der Waals surface area contributed by atoms with E-state index in [0.29, 0.717) is 44.7 Å². The lowest BCUT2D eigenvalue weighted by Gasteiger charge is -2.37. The lowest BCUT2D eigenvalue weighted by Crippen LogP contribution is -2.47. The maximum atomic E-state index is 12.9. The van der Waals surface area contributed by atoms with E-state index in [1.54, 1.807) is 12.4 Å². The van der Waals surface area contributed by atoms with Crippen molar-refractivity contribution in [2.75, 3.05) is 31.6 Å². The van der Waals surface area contributed by atoms with Crippen LogP contribution in [0.4, 0.5) is 11.4 Å². The third kappa shape index (κ3) is 3.82. The standard InChI is InChI=1S/C21H25N3O3/c1-15-3-4-18(11-16(15)2)23-19-12-17(13-22-14-19)20(25)24-7-5-21(6-8-24)26-9-10-27-21/h3-4,11-14,23H,5-10H2,1-2H3. The Hall–Kier alpha value is -2.44. The van der Waals surface area contributed by atoms with Crippen molar-refractivity contribution >= 4 is 17.3 Å². The number of hydrogen-bond donors (Lipinski definition) is 1. The van der Waals surface area contributed by atoms with Gasteiger partial charge in [-0.15, -0.1) is 0 Å². The predicted molar refractivity (Wildman–Crippen MR) is 103 cm³/mol. The number of nitrogens with zero attached hydrogens (tertiary/aromatic N) is 2. The number of likely N-dealkylation sites (tertiary alicyclic amines) is 1. The summed E-state index contributed by atoms with van der Waals surface area (Å²) in [6.45, 7) is 6.72. The molecule has 0 radical (unpaired) electrons. The quantitative estimate of drug-likeness (QED) is 0.901. The number of carbonyl (C=O) groups is 1. The molecule has 1 N–H and O–H groups in total. The summed E-state index contributed by atoms with van der Waals surface area (Å²) < 4.78 is 11.5. The SMILES string of the molecule is Cc1ccc(Nc2cncc(C(=O)N3CCC4(CC3)OCCO4)c2)cc1C. The van der Waals surface area contributed by atoms with E-state index in [1.165, 1.54) is 11.1 Å². The van der Waals surface area contributed by atoms with Crippen molar-refractivity contribution in [3.63, 3.8) is 0 Å².